The summed E-state index contributed by atoms with van der Waals surface area (Å²) in [6.07, 6.45) is 5.67. The molecule has 3 rings (SSSR count). The Labute approximate surface area is 145 Å². The Hall–Kier alpha value is -3.14. The van der Waals surface area contributed by atoms with Crippen molar-refractivity contribution >= 4 is 18.0 Å². The first-order chi connectivity index (χ1) is 12.2. The standard InChI is InChI=1S/C18H19N3O4/c1-22-14-8-11(9-15(23-2)17(14)24-3)4-7-16-21-13(10-19)18(25-16)20-12-5-6-12/h4,7-9,12,20H,5-6H2,1-3H3. The number of nitrogens with one attached hydrogen (secondary N) is 1. The molecule has 0 atom stereocenters. The van der Waals surface area contributed by atoms with Gasteiger partial charge < -0.3 is 23.9 Å². The number of ether oxygens (including phenoxy) is 3. The molecule has 130 valence electrons. The van der Waals surface area contributed by atoms with Crippen molar-refractivity contribution in [3.63, 3.8) is 0 Å². The van der Waals surface area contributed by atoms with Gasteiger partial charge in [0.05, 0.1) is 21.3 Å². The molecule has 7 nitrogen and oxygen atoms in total. The minimum Gasteiger partial charge on any atom is -0.493 e. The van der Waals surface area contributed by atoms with Crippen LogP contribution in [0, 0.1) is 11.3 Å². The highest BCUT2D eigenvalue weighted by molar-refractivity contribution is 5.71. The van der Waals surface area contributed by atoms with E-state index in [-0.39, 0.29) is 5.69 Å². The van der Waals surface area contributed by atoms with E-state index in [1.54, 1.807) is 33.5 Å². The molecule has 7 heteroatoms. The summed E-state index contributed by atoms with van der Waals surface area (Å²) in [5, 5.41) is 12.3. The van der Waals surface area contributed by atoms with E-state index < -0.39 is 0 Å². The second-order valence-corrected chi connectivity index (χ2v) is 5.55. The second kappa shape index (κ2) is 7.18. The number of nitrogens with zero attached hydrogens (tertiary/aromatic N) is 2. The molecule has 25 heavy (non-hydrogen) atoms. The van der Waals surface area contributed by atoms with Crippen molar-refractivity contribution in [2.75, 3.05) is 26.6 Å². The third-order valence-corrected chi connectivity index (χ3v) is 3.77. The van der Waals surface area contributed by atoms with Crippen molar-refractivity contribution in [3.8, 4) is 23.3 Å². The molecular formula is C18H19N3O4. The van der Waals surface area contributed by atoms with Crippen LogP contribution in [-0.2, 0) is 0 Å². The molecule has 0 bridgehead atoms. The van der Waals surface area contributed by atoms with Crippen molar-refractivity contribution in [1.82, 2.24) is 4.98 Å². The predicted molar refractivity (Wildman–Crippen MR) is 92.9 cm³/mol. The summed E-state index contributed by atoms with van der Waals surface area (Å²) >= 11 is 0. The average molecular weight is 341 g/mol. The minimum absolute atomic E-state index is 0.261. The second-order valence-electron chi connectivity index (χ2n) is 5.55. The Balaban J connectivity index is 1.86. The Morgan fingerprint density at radius 2 is 1.84 bits per heavy atom. The first kappa shape index (κ1) is 16.7. The molecule has 1 aromatic carbocycles. The zero-order valence-corrected chi connectivity index (χ0v) is 14.3. The van der Waals surface area contributed by atoms with E-state index in [1.165, 1.54) is 0 Å². The Bertz CT molecular complexity index is 806. The maximum Gasteiger partial charge on any atom is 0.232 e. The Kier molecular flexibility index (Phi) is 4.80. The molecule has 1 N–H and O–H groups in total. The SMILES string of the molecule is COc1cc(C=Cc2nc(C#N)c(NC3CC3)o2)cc(OC)c1OC. The molecule has 1 saturated carbocycles. The maximum absolute atomic E-state index is 9.16. The average Bonchev–Trinajstić information content (AvgIpc) is 3.37. The van der Waals surface area contributed by atoms with Gasteiger partial charge in [0.2, 0.25) is 23.2 Å². The summed E-state index contributed by atoms with van der Waals surface area (Å²) in [6.45, 7) is 0. The molecule has 0 spiro atoms. The third kappa shape index (κ3) is 3.69. The highest BCUT2D eigenvalue weighted by Crippen LogP contribution is 2.38. The fraction of sp³-hybridized carbons (Fsp3) is 0.333. The van der Waals surface area contributed by atoms with E-state index in [0.717, 1.165) is 18.4 Å². The van der Waals surface area contributed by atoms with Crippen molar-refractivity contribution < 1.29 is 18.6 Å². The monoisotopic (exact) mass is 341 g/mol. The van der Waals surface area contributed by atoms with Gasteiger partial charge in [0.25, 0.3) is 0 Å². The van der Waals surface area contributed by atoms with Crippen LogP contribution in [0.3, 0.4) is 0 Å². The van der Waals surface area contributed by atoms with Gasteiger partial charge in [-0.15, -0.1) is 0 Å². The number of benzene rings is 1. The van der Waals surface area contributed by atoms with E-state index in [0.29, 0.717) is 35.1 Å². The first-order valence-corrected chi connectivity index (χ1v) is 7.84. The molecule has 0 radical (unpaired) electrons. The molecule has 1 aromatic heterocycles. The van der Waals surface area contributed by atoms with Gasteiger partial charge in [0, 0.05) is 12.1 Å². The van der Waals surface area contributed by atoms with Gasteiger partial charge in [0.1, 0.15) is 6.07 Å². The summed E-state index contributed by atoms with van der Waals surface area (Å²) in [6, 6.07) is 6.05. The molecule has 1 heterocycles. The molecule has 0 aliphatic heterocycles. The normalized spacial score (nSPS) is 13.5. The van der Waals surface area contributed by atoms with Gasteiger partial charge in [-0.25, -0.2) is 0 Å². The summed E-state index contributed by atoms with van der Waals surface area (Å²) in [5.41, 5.74) is 1.08. The minimum atomic E-state index is 0.261. The van der Waals surface area contributed by atoms with Crippen LogP contribution in [0.1, 0.15) is 30.0 Å². The molecule has 0 saturated heterocycles. The van der Waals surface area contributed by atoms with Gasteiger partial charge in [-0.05, 0) is 36.6 Å². The number of oxazole rings is 1. The zero-order chi connectivity index (χ0) is 17.8. The van der Waals surface area contributed by atoms with Crippen LogP contribution in [0.5, 0.6) is 17.2 Å². The molecule has 0 amide bonds. The summed E-state index contributed by atoms with van der Waals surface area (Å²) < 4.78 is 21.6. The highest BCUT2D eigenvalue weighted by atomic mass is 16.5. The number of aromatic nitrogens is 1. The quantitative estimate of drug-likeness (QED) is 0.826. The van der Waals surface area contributed by atoms with Gasteiger partial charge in [0.15, 0.2) is 11.5 Å². The lowest BCUT2D eigenvalue weighted by Crippen LogP contribution is -2.00. The van der Waals surface area contributed by atoms with Crippen LogP contribution < -0.4 is 19.5 Å². The molecular weight excluding hydrogens is 322 g/mol. The number of hydrogen-bond acceptors (Lipinski definition) is 7. The fourth-order valence-corrected chi connectivity index (χ4v) is 2.36. The lowest BCUT2D eigenvalue weighted by molar-refractivity contribution is 0.324. The largest absolute Gasteiger partial charge is 0.493 e. The van der Waals surface area contributed by atoms with Gasteiger partial charge in [-0.1, -0.05) is 0 Å². The number of methoxy groups -OCH3 is 3. The van der Waals surface area contributed by atoms with E-state index >= 15 is 0 Å². The van der Waals surface area contributed by atoms with Crippen molar-refractivity contribution in [3.05, 3.63) is 29.3 Å². The Morgan fingerprint density at radius 3 is 2.36 bits per heavy atom. The first-order valence-electron chi connectivity index (χ1n) is 7.84. The van der Waals surface area contributed by atoms with Gasteiger partial charge >= 0.3 is 0 Å². The van der Waals surface area contributed by atoms with Crippen LogP contribution in [0.2, 0.25) is 0 Å². The van der Waals surface area contributed by atoms with Crippen molar-refractivity contribution in [1.29, 1.82) is 5.26 Å². The van der Waals surface area contributed by atoms with Crippen LogP contribution in [0.4, 0.5) is 5.88 Å². The van der Waals surface area contributed by atoms with Crippen LogP contribution in [-0.4, -0.2) is 32.4 Å². The summed E-state index contributed by atoms with van der Waals surface area (Å²) in [5.74, 6) is 2.43. The smallest absolute Gasteiger partial charge is 0.232 e. The van der Waals surface area contributed by atoms with Crippen LogP contribution >= 0.6 is 0 Å². The van der Waals surface area contributed by atoms with E-state index in [9.17, 15) is 0 Å². The van der Waals surface area contributed by atoms with E-state index in [2.05, 4.69) is 10.3 Å². The lowest BCUT2D eigenvalue weighted by Gasteiger charge is -2.12. The van der Waals surface area contributed by atoms with Gasteiger partial charge in [-0.2, -0.15) is 10.2 Å². The van der Waals surface area contributed by atoms with Crippen molar-refractivity contribution in [2.45, 2.75) is 18.9 Å². The van der Waals surface area contributed by atoms with Crippen LogP contribution in [0.25, 0.3) is 12.2 Å². The van der Waals surface area contributed by atoms with E-state index in [1.807, 2.05) is 18.2 Å². The maximum atomic E-state index is 9.16. The van der Waals surface area contributed by atoms with Crippen molar-refractivity contribution in [2.24, 2.45) is 0 Å². The molecule has 2 aromatic rings. The Morgan fingerprint density at radius 1 is 1.16 bits per heavy atom. The van der Waals surface area contributed by atoms with Crippen LogP contribution in [0.15, 0.2) is 16.5 Å². The summed E-state index contributed by atoms with van der Waals surface area (Å²) in [4.78, 5) is 4.18. The number of anilines is 1. The number of nitriles is 1. The number of hydrogen-bond donors (Lipinski definition) is 1. The molecule has 1 fully saturated rings. The molecule has 0 unspecified atom stereocenters. The topological polar surface area (TPSA) is 89.5 Å². The summed E-state index contributed by atoms with van der Waals surface area (Å²) in [7, 11) is 4.68. The molecule has 1 aliphatic carbocycles. The predicted octanol–water partition coefficient (Wildman–Crippen LogP) is 3.32. The highest BCUT2D eigenvalue weighted by Gasteiger charge is 2.24. The third-order valence-electron chi connectivity index (χ3n) is 3.77. The lowest BCUT2D eigenvalue weighted by atomic mass is 10.1. The molecule has 1 aliphatic rings. The van der Waals surface area contributed by atoms with Gasteiger partial charge in [-0.3, -0.25) is 0 Å². The number of rotatable bonds is 7. The fourth-order valence-electron chi connectivity index (χ4n) is 2.36. The van der Waals surface area contributed by atoms with E-state index in [4.69, 9.17) is 23.9 Å². The zero-order valence-electron chi connectivity index (χ0n) is 14.3.